The topological polar surface area (TPSA) is 106 Å². The molecule has 0 atom stereocenters. The average Bonchev–Trinajstić information content (AvgIpc) is 3.22. The zero-order chi connectivity index (χ0) is 22.7. The fourth-order valence-corrected chi connectivity index (χ4v) is 4.81. The molecule has 9 nitrogen and oxygen atoms in total. The minimum absolute atomic E-state index is 0.0457. The van der Waals surface area contributed by atoms with Gasteiger partial charge in [-0.25, -0.2) is 9.97 Å². The van der Waals surface area contributed by atoms with Crippen LogP contribution in [0.25, 0.3) is 10.2 Å². The summed E-state index contributed by atoms with van der Waals surface area (Å²) in [6.45, 7) is 6.15. The summed E-state index contributed by atoms with van der Waals surface area (Å²) in [5, 5.41) is 5.33. The summed E-state index contributed by atoms with van der Waals surface area (Å²) in [6.07, 6.45) is 0.0457. The molecule has 11 heteroatoms. The Morgan fingerprint density at radius 1 is 1.26 bits per heavy atom. The number of rotatable bonds is 8. The second kappa shape index (κ2) is 9.67. The molecule has 166 valence electrons. The van der Waals surface area contributed by atoms with Crippen molar-refractivity contribution in [3.05, 3.63) is 37.7 Å². The number of nitrogens with one attached hydrogen (secondary N) is 1. The van der Waals surface area contributed by atoms with Gasteiger partial charge in [0.2, 0.25) is 5.91 Å². The Kier molecular flexibility index (Phi) is 7.19. The van der Waals surface area contributed by atoms with Gasteiger partial charge >= 0.3 is 5.97 Å². The highest BCUT2D eigenvalue weighted by Crippen LogP contribution is 2.26. The van der Waals surface area contributed by atoms with Gasteiger partial charge in [0.05, 0.1) is 30.7 Å². The predicted octanol–water partition coefficient (Wildman–Crippen LogP) is 2.34. The van der Waals surface area contributed by atoms with Crippen LogP contribution >= 0.6 is 22.7 Å². The van der Waals surface area contributed by atoms with E-state index in [-0.39, 0.29) is 30.4 Å². The van der Waals surface area contributed by atoms with E-state index >= 15 is 0 Å². The summed E-state index contributed by atoms with van der Waals surface area (Å²) in [7, 11) is 3.76. The quantitative estimate of drug-likeness (QED) is 0.511. The number of fused-ring (bicyclic) bond motifs is 1. The lowest BCUT2D eigenvalue weighted by Crippen LogP contribution is -2.32. The van der Waals surface area contributed by atoms with Crippen LogP contribution in [0.2, 0.25) is 0 Å². The SMILES string of the molecule is CCOC(=O)Cc1csc(NC(=O)Cn2c(CN(C)C)nc3sc(C)c(C)c3c2=O)n1. The molecule has 1 amide bonds. The molecule has 0 bridgehead atoms. The van der Waals surface area contributed by atoms with Crippen molar-refractivity contribution in [1.29, 1.82) is 0 Å². The summed E-state index contributed by atoms with van der Waals surface area (Å²) in [6, 6.07) is 0. The molecule has 0 aliphatic carbocycles. The van der Waals surface area contributed by atoms with E-state index < -0.39 is 0 Å². The number of anilines is 1. The highest BCUT2D eigenvalue weighted by molar-refractivity contribution is 7.18. The van der Waals surface area contributed by atoms with Gasteiger partial charge in [-0.1, -0.05) is 0 Å². The van der Waals surface area contributed by atoms with Gasteiger partial charge in [-0.15, -0.1) is 22.7 Å². The van der Waals surface area contributed by atoms with Crippen LogP contribution in [0.15, 0.2) is 10.2 Å². The van der Waals surface area contributed by atoms with Crippen LogP contribution in [0.3, 0.4) is 0 Å². The molecule has 0 fully saturated rings. The number of aromatic nitrogens is 3. The number of carbonyl (C=O) groups is 2. The first-order valence-electron chi connectivity index (χ1n) is 9.73. The molecule has 0 unspecified atom stereocenters. The molecule has 0 saturated heterocycles. The number of esters is 1. The highest BCUT2D eigenvalue weighted by atomic mass is 32.1. The highest BCUT2D eigenvalue weighted by Gasteiger charge is 2.19. The number of thiazole rings is 1. The van der Waals surface area contributed by atoms with Crippen molar-refractivity contribution in [2.45, 2.75) is 40.3 Å². The monoisotopic (exact) mass is 463 g/mol. The van der Waals surface area contributed by atoms with Crippen molar-refractivity contribution in [1.82, 2.24) is 19.4 Å². The Balaban J connectivity index is 1.83. The number of hydrogen-bond donors (Lipinski definition) is 1. The van der Waals surface area contributed by atoms with E-state index in [1.54, 1.807) is 12.3 Å². The Morgan fingerprint density at radius 3 is 2.68 bits per heavy atom. The lowest BCUT2D eigenvalue weighted by molar-refractivity contribution is -0.142. The average molecular weight is 464 g/mol. The van der Waals surface area contributed by atoms with Gasteiger partial charge in [0.15, 0.2) is 5.13 Å². The number of carbonyl (C=O) groups excluding carboxylic acids is 2. The van der Waals surface area contributed by atoms with E-state index in [1.165, 1.54) is 27.2 Å². The minimum Gasteiger partial charge on any atom is -0.466 e. The maximum absolute atomic E-state index is 13.2. The summed E-state index contributed by atoms with van der Waals surface area (Å²) in [5.41, 5.74) is 1.20. The molecule has 0 saturated carbocycles. The van der Waals surface area contributed by atoms with Crippen molar-refractivity contribution >= 4 is 49.9 Å². The maximum Gasteiger partial charge on any atom is 0.311 e. The molecule has 0 aliphatic rings. The number of amides is 1. The molecular formula is C20H25N5O4S2. The largest absolute Gasteiger partial charge is 0.466 e. The second-order valence-corrected chi connectivity index (χ2v) is 9.36. The molecular weight excluding hydrogens is 438 g/mol. The Labute approximate surface area is 187 Å². The fourth-order valence-electron chi connectivity index (χ4n) is 3.04. The van der Waals surface area contributed by atoms with Crippen LogP contribution < -0.4 is 10.9 Å². The van der Waals surface area contributed by atoms with Crippen molar-refractivity contribution in [2.75, 3.05) is 26.0 Å². The van der Waals surface area contributed by atoms with Gasteiger partial charge in [-0.05, 0) is 40.4 Å². The molecule has 0 aromatic carbocycles. The van der Waals surface area contributed by atoms with Crippen LogP contribution in [0.1, 0.15) is 28.9 Å². The fraction of sp³-hybridized carbons (Fsp3) is 0.450. The number of aryl methyl sites for hydroxylation is 2. The number of thiophene rings is 1. The molecule has 0 radical (unpaired) electrons. The Morgan fingerprint density at radius 2 is 2.00 bits per heavy atom. The molecule has 0 spiro atoms. The van der Waals surface area contributed by atoms with E-state index in [0.29, 0.717) is 40.0 Å². The summed E-state index contributed by atoms with van der Waals surface area (Å²) < 4.78 is 6.33. The Hall–Kier alpha value is -2.63. The predicted molar refractivity (Wildman–Crippen MR) is 122 cm³/mol. The first-order valence-corrected chi connectivity index (χ1v) is 11.4. The molecule has 31 heavy (non-hydrogen) atoms. The van der Waals surface area contributed by atoms with Gasteiger partial charge in [0.25, 0.3) is 5.56 Å². The van der Waals surface area contributed by atoms with Crippen LogP contribution in [0.5, 0.6) is 0 Å². The van der Waals surface area contributed by atoms with Gasteiger partial charge < -0.3 is 15.0 Å². The Bertz CT molecular complexity index is 1180. The molecule has 3 aromatic heterocycles. The zero-order valence-corrected chi connectivity index (χ0v) is 19.8. The van der Waals surface area contributed by atoms with E-state index in [9.17, 15) is 14.4 Å². The normalized spacial score (nSPS) is 11.3. The third kappa shape index (κ3) is 5.35. The van der Waals surface area contributed by atoms with Crippen LogP contribution in [0.4, 0.5) is 5.13 Å². The van der Waals surface area contributed by atoms with Gasteiger partial charge in [0.1, 0.15) is 17.2 Å². The summed E-state index contributed by atoms with van der Waals surface area (Å²) in [5.74, 6) is -0.225. The van der Waals surface area contributed by atoms with Gasteiger partial charge in [0, 0.05) is 10.3 Å². The smallest absolute Gasteiger partial charge is 0.311 e. The van der Waals surface area contributed by atoms with Crippen LogP contribution in [0, 0.1) is 13.8 Å². The lowest BCUT2D eigenvalue weighted by atomic mass is 10.2. The third-order valence-corrected chi connectivity index (χ3v) is 6.46. The van der Waals surface area contributed by atoms with E-state index in [2.05, 4.69) is 15.3 Å². The first-order chi connectivity index (χ1) is 14.7. The number of nitrogens with zero attached hydrogens (tertiary/aromatic N) is 4. The van der Waals surface area contributed by atoms with Crippen molar-refractivity contribution < 1.29 is 14.3 Å². The van der Waals surface area contributed by atoms with E-state index in [4.69, 9.17) is 4.74 Å². The molecule has 3 aromatic rings. The summed E-state index contributed by atoms with van der Waals surface area (Å²) in [4.78, 5) is 50.0. The maximum atomic E-state index is 13.2. The van der Waals surface area contributed by atoms with Crippen LogP contribution in [-0.4, -0.2) is 52.0 Å². The molecule has 3 rings (SSSR count). The molecule has 3 heterocycles. The summed E-state index contributed by atoms with van der Waals surface area (Å²) >= 11 is 2.70. The first kappa shape index (κ1) is 23.0. The zero-order valence-electron chi connectivity index (χ0n) is 18.1. The van der Waals surface area contributed by atoms with Crippen molar-refractivity contribution in [3.8, 4) is 0 Å². The third-order valence-electron chi connectivity index (χ3n) is 4.56. The molecule has 0 aliphatic heterocycles. The number of hydrogen-bond acceptors (Lipinski definition) is 9. The van der Waals surface area contributed by atoms with E-state index in [1.807, 2.05) is 32.8 Å². The van der Waals surface area contributed by atoms with E-state index in [0.717, 1.165) is 10.4 Å². The molecule has 1 N–H and O–H groups in total. The van der Waals surface area contributed by atoms with Gasteiger partial charge in [-0.3, -0.25) is 19.0 Å². The van der Waals surface area contributed by atoms with Crippen molar-refractivity contribution in [2.24, 2.45) is 0 Å². The van der Waals surface area contributed by atoms with Gasteiger partial charge in [-0.2, -0.15) is 0 Å². The standard InChI is InChI=1S/C20H25N5O4S2/c1-6-29-16(27)7-13-10-30-20(21-13)23-15(26)9-25-14(8-24(4)5)22-18-17(19(25)28)11(2)12(3)31-18/h10H,6-9H2,1-5H3,(H,21,23,26). The second-order valence-electron chi connectivity index (χ2n) is 7.29. The number of ether oxygens (including phenoxy) is 1. The van der Waals surface area contributed by atoms with Crippen molar-refractivity contribution in [3.63, 3.8) is 0 Å². The lowest BCUT2D eigenvalue weighted by Gasteiger charge is -2.15. The minimum atomic E-state index is -0.384. The van der Waals surface area contributed by atoms with Crippen LogP contribution in [-0.2, 0) is 33.8 Å².